The van der Waals surface area contributed by atoms with Gasteiger partial charge in [0.15, 0.2) is 0 Å². The number of nitrogens with zero attached hydrogens (tertiary/aromatic N) is 3. The monoisotopic (exact) mass is 412 g/mol. The van der Waals surface area contributed by atoms with Crippen molar-refractivity contribution in [3.8, 4) is 10.4 Å². The van der Waals surface area contributed by atoms with E-state index in [0.29, 0.717) is 11.3 Å². The summed E-state index contributed by atoms with van der Waals surface area (Å²) in [5.41, 5.74) is 15.7. The molecule has 0 spiro atoms. The molecule has 154 valence electrons. The summed E-state index contributed by atoms with van der Waals surface area (Å²) < 4.78 is 1.79. The van der Waals surface area contributed by atoms with E-state index in [1.165, 1.54) is 6.20 Å². The topological polar surface area (TPSA) is 111 Å². The fourth-order valence-electron chi connectivity index (χ4n) is 4.27. The van der Waals surface area contributed by atoms with Crippen LogP contribution >= 0.6 is 11.3 Å². The first-order valence-corrected chi connectivity index (χ1v) is 10.6. The molecule has 2 atom stereocenters. The van der Waals surface area contributed by atoms with E-state index in [4.69, 9.17) is 11.5 Å². The lowest BCUT2D eigenvalue weighted by Gasteiger charge is -2.39. The Morgan fingerprint density at radius 2 is 2.07 bits per heavy atom. The molecular weight excluding hydrogens is 384 g/mol. The van der Waals surface area contributed by atoms with Crippen molar-refractivity contribution in [2.45, 2.75) is 59.0 Å². The maximum atomic E-state index is 12.2. The van der Waals surface area contributed by atoms with Crippen molar-refractivity contribution < 1.29 is 4.79 Å². The second kappa shape index (κ2) is 6.53. The van der Waals surface area contributed by atoms with Gasteiger partial charge >= 0.3 is 0 Å². The Balaban J connectivity index is 1.84. The number of carbonyl (C=O) groups is 1. The van der Waals surface area contributed by atoms with Gasteiger partial charge in [-0.3, -0.25) is 4.79 Å². The van der Waals surface area contributed by atoms with Crippen molar-refractivity contribution in [1.82, 2.24) is 14.6 Å². The highest BCUT2D eigenvalue weighted by Crippen LogP contribution is 2.46. The number of hydrogen-bond donors (Lipinski definition) is 3. The van der Waals surface area contributed by atoms with E-state index in [-0.39, 0.29) is 17.0 Å². The Hall–Kier alpha value is -2.45. The molecule has 0 aromatic carbocycles. The van der Waals surface area contributed by atoms with Crippen molar-refractivity contribution in [1.29, 1.82) is 0 Å². The molecule has 1 saturated carbocycles. The number of rotatable bonds is 4. The number of fused-ring (bicyclic) bond motifs is 1. The van der Waals surface area contributed by atoms with Gasteiger partial charge in [0.1, 0.15) is 0 Å². The van der Waals surface area contributed by atoms with Gasteiger partial charge in [-0.1, -0.05) is 13.8 Å². The maximum absolute atomic E-state index is 12.2. The molecule has 3 aromatic rings. The van der Waals surface area contributed by atoms with Crippen LogP contribution in [0.1, 0.15) is 54.7 Å². The number of aryl methyl sites for hydroxylation is 2. The number of nitrogens with two attached hydrogens (primary N) is 2. The lowest BCUT2D eigenvalue weighted by atomic mass is 9.75. The Bertz CT molecular complexity index is 1110. The number of nitrogens with one attached hydrogen (secondary N) is 1. The molecule has 1 fully saturated rings. The van der Waals surface area contributed by atoms with Crippen molar-refractivity contribution in [2.24, 2.45) is 16.9 Å². The Kier molecular flexibility index (Phi) is 4.47. The standard InChI is InChI=1S/C21H28N6OS/c1-11-18(29-12(2)25-11)13-8-15-17(14(19(22)28)9-24-27(15)10-13)26-16-6-7-21(5,23)20(16,3)4/h8-10,16,26H,6-7,23H2,1-5H3,(H2,22,28)/t16-,21+/m1/s1. The van der Waals surface area contributed by atoms with Gasteiger partial charge in [0.05, 0.1) is 38.5 Å². The van der Waals surface area contributed by atoms with Gasteiger partial charge in [0, 0.05) is 28.8 Å². The Labute approximate surface area is 174 Å². The maximum Gasteiger partial charge on any atom is 0.252 e. The van der Waals surface area contributed by atoms with Crippen molar-refractivity contribution in [3.05, 3.63) is 34.7 Å². The summed E-state index contributed by atoms with van der Waals surface area (Å²) in [7, 11) is 0. The first-order valence-electron chi connectivity index (χ1n) is 9.82. The summed E-state index contributed by atoms with van der Waals surface area (Å²) in [6, 6.07) is 2.17. The van der Waals surface area contributed by atoms with Crippen LogP contribution in [0.3, 0.4) is 0 Å². The minimum absolute atomic E-state index is 0.118. The quantitative estimate of drug-likeness (QED) is 0.607. The van der Waals surface area contributed by atoms with Crippen LogP contribution in [0, 0.1) is 19.3 Å². The minimum Gasteiger partial charge on any atom is -0.379 e. The van der Waals surface area contributed by atoms with E-state index >= 15 is 0 Å². The summed E-state index contributed by atoms with van der Waals surface area (Å²) in [5, 5.41) is 9.05. The molecule has 3 heterocycles. The summed E-state index contributed by atoms with van der Waals surface area (Å²) in [5.74, 6) is -0.499. The van der Waals surface area contributed by atoms with E-state index in [1.54, 1.807) is 15.9 Å². The van der Waals surface area contributed by atoms with E-state index in [2.05, 4.69) is 36.2 Å². The van der Waals surface area contributed by atoms with Gasteiger partial charge in [-0.2, -0.15) is 5.10 Å². The smallest absolute Gasteiger partial charge is 0.252 e. The number of amides is 1. The molecule has 29 heavy (non-hydrogen) atoms. The number of thiazole rings is 1. The van der Waals surface area contributed by atoms with E-state index in [1.807, 2.05) is 26.1 Å². The molecule has 0 bridgehead atoms. The van der Waals surface area contributed by atoms with Gasteiger partial charge in [-0.15, -0.1) is 11.3 Å². The van der Waals surface area contributed by atoms with E-state index in [9.17, 15) is 4.79 Å². The fourth-order valence-corrected chi connectivity index (χ4v) is 5.17. The zero-order valence-electron chi connectivity index (χ0n) is 17.5. The normalized spacial score (nSPS) is 23.6. The predicted octanol–water partition coefficient (Wildman–Crippen LogP) is 3.49. The van der Waals surface area contributed by atoms with Crippen LogP contribution in [-0.2, 0) is 0 Å². The number of aromatic nitrogens is 3. The molecule has 0 radical (unpaired) electrons. The van der Waals surface area contributed by atoms with Crippen molar-refractivity contribution in [3.63, 3.8) is 0 Å². The SMILES string of the molecule is Cc1nc(C)c(-c2cc3c(N[C@@H]4CC[C@](C)(N)C4(C)C)c(C(N)=O)cnn3c2)s1. The number of carbonyl (C=O) groups excluding carboxylic acids is 1. The summed E-state index contributed by atoms with van der Waals surface area (Å²) >= 11 is 1.65. The van der Waals surface area contributed by atoms with Gasteiger partial charge < -0.3 is 16.8 Å². The van der Waals surface area contributed by atoms with Gasteiger partial charge in [-0.25, -0.2) is 9.50 Å². The largest absolute Gasteiger partial charge is 0.379 e. The van der Waals surface area contributed by atoms with Crippen LogP contribution < -0.4 is 16.8 Å². The zero-order chi connectivity index (χ0) is 21.1. The molecule has 4 rings (SSSR count). The van der Waals surface area contributed by atoms with E-state index in [0.717, 1.165) is 39.5 Å². The third-order valence-corrected chi connectivity index (χ3v) is 7.80. The molecule has 0 saturated heterocycles. The third kappa shape index (κ3) is 3.11. The van der Waals surface area contributed by atoms with Gasteiger partial charge in [0.2, 0.25) is 0 Å². The predicted molar refractivity (Wildman–Crippen MR) is 117 cm³/mol. The van der Waals surface area contributed by atoms with Crippen LogP contribution in [-0.4, -0.2) is 32.1 Å². The molecule has 8 heteroatoms. The average Bonchev–Trinajstić information content (AvgIpc) is 3.25. The van der Waals surface area contributed by atoms with Gasteiger partial charge in [0.25, 0.3) is 5.91 Å². The molecule has 1 aliphatic carbocycles. The molecule has 0 aliphatic heterocycles. The lowest BCUT2D eigenvalue weighted by molar-refractivity contribution is 0.100. The highest BCUT2D eigenvalue weighted by molar-refractivity contribution is 7.15. The lowest BCUT2D eigenvalue weighted by Crippen LogP contribution is -2.51. The van der Waals surface area contributed by atoms with Crippen LogP contribution in [0.4, 0.5) is 5.69 Å². The fraction of sp³-hybridized carbons (Fsp3) is 0.476. The number of anilines is 1. The second-order valence-electron chi connectivity index (χ2n) is 8.88. The molecule has 5 N–H and O–H groups in total. The number of hydrogen-bond acceptors (Lipinski definition) is 6. The molecule has 1 amide bonds. The zero-order valence-corrected chi connectivity index (χ0v) is 18.4. The molecule has 1 aliphatic rings. The average molecular weight is 413 g/mol. The molecule has 7 nitrogen and oxygen atoms in total. The van der Waals surface area contributed by atoms with Gasteiger partial charge in [-0.05, 0) is 39.7 Å². The minimum atomic E-state index is -0.499. The van der Waals surface area contributed by atoms with E-state index < -0.39 is 5.91 Å². The summed E-state index contributed by atoms with van der Waals surface area (Å²) in [6.45, 7) is 10.4. The van der Waals surface area contributed by atoms with Crippen LogP contribution in [0.25, 0.3) is 16.0 Å². The van der Waals surface area contributed by atoms with Crippen LogP contribution in [0.15, 0.2) is 18.5 Å². The third-order valence-electron chi connectivity index (χ3n) is 6.68. The first kappa shape index (κ1) is 19.8. The molecule has 3 aromatic heterocycles. The van der Waals surface area contributed by atoms with Crippen LogP contribution in [0.2, 0.25) is 0 Å². The Morgan fingerprint density at radius 1 is 1.34 bits per heavy atom. The highest BCUT2D eigenvalue weighted by Gasteiger charge is 2.49. The molecule has 0 unspecified atom stereocenters. The molecular formula is C21H28N6OS. The van der Waals surface area contributed by atoms with Crippen molar-refractivity contribution >= 4 is 28.4 Å². The Morgan fingerprint density at radius 3 is 2.62 bits per heavy atom. The van der Waals surface area contributed by atoms with Crippen molar-refractivity contribution in [2.75, 3.05) is 5.32 Å². The number of primary amides is 1. The summed E-state index contributed by atoms with van der Waals surface area (Å²) in [6.07, 6.45) is 5.35. The highest BCUT2D eigenvalue weighted by atomic mass is 32.1. The first-order chi connectivity index (χ1) is 13.5. The summed E-state index contributed by atoms with van der Waals surface area (Å²) in [4.78, 5) is 17.8. The second-order valence-corrected chi connectivity index (χ2v) is 10.1. The van der Waals surface area contributed by atoms with Crippen LogP contribution in [0.5, 0.6) is 0 Å².